The van der Waals surface area contributed by atoms with Crippen molar-refractivity contribution in [3.05, 3.63) is 35.9 Å². The molecule has 0 aromatic heterocycles. The Balaban J connectivity index is 1.97. The van der Waals surface area contributed by atoms with Crippen LogP contribution < -0.4 is 0 Å². The van der Waals surface area contributed by atoms with E-state index in [4.69, 9.17) is 5.41 Å². The molecule has 0 spiro atoms. The molecule has 0 saturated carbocycles. The maximum absolute atomic E-state index is 7.16. The second-order valence-electron chi connectivity index (χ2n) is 4.68. The zero-order valence-electron chi connectivity index (χ0n) is 9.89. The molecule has 16 heavy (non-hydrogen) atoms. The fourth-order valence-electron chi connectivity index (χ4n) is 2.52. The van der Waals surface area contributed by atoms with Gasteiger partial charge in [-0.3, -0.25) is 4.90 Å². The van der Waals surface area contributed by atoms with Gasteiger partial charge in [-0.1, -0.05) is 30.3 Å². The largest absolute Gasteiger partial charge is 0.313 e. The van der Waals surface area contributed by atoms with E-state index >= 15 is 0 Å². The molecule has 1 aliphatic heterocycles. The molecule has 1 saturated heterocycles. The van der Waals surface area contributed by atoms with Gasteiger partial charge in [0.2, 0.25) is 0 Å². The topological polar surface area (TPSA) is 27.1 Å². The second-order valence-corrected chi connectivity index (χ2v) is 4.68. The van der Waals surface area contributed by atoms with E-state index in [-0.39, 0.29) is 0 Å². The minimum Gasteiger partial charge on any atom is -0.313 e. The fraction of sp³-hybridized carbons (Fsp3) is 0.500. The Hall–Kier alpha value is -1.15. The predicted octanol–water partition coefficient (Wildman–Crippen LogP) is 3.11. The summed E-state index contributed by atoms with van der Waals surface area (Å²) in [4.78, 5) is 2.53. The highest BCUT2D eigenvalue weighted by Crippen LogP contribution is 2.28. The second kappa shape index (κ2) is 5.26. The molecule has 2 unspecified atom stereocenters. The molecule has 1 aliphatic rings. The van der Waals surface area contributed by atoms with E-state index in [1.165, 1.54) is 18.5 Å². The van der Waals surface area contributed by atoms with Crippen LogP contribution in [0.1, 0.15) is 31.4 Å². The van der Waals surface area contributed by atoms with Crippen LogP contribution in [0.2, 0.25) is 0 Å². The van der Waals surface area contributed by atoms with Crippen LogP contribution in [0.3, 0.4) is 0 Å². The van der Waals surface area contributed by atoms with Gasteiger partial charge in [-0.25, -0.2) is 0 Å². The molecule has 2 nitrogen and oxygen atoms in total. The molecule has 2 heteroatoms. The van der Waals surface area contributed by atoms with Gasteiger partial charge in [0, 0.05) is 12.6 Å². The molecule has 0 radical (unpaired) electrons. The van der Waals surface area contributed by atoms with Crippen molar-refractivity contribution in [2.24, 2.45) is 5.92 Å². The molecule has 1 aromatic rings. The summed E-state index contributed by atoms with van der Waals surface area (Å²) in [5.74, 6) is 0.698. The van der Waals surface area contributed by atoms with Crippen molar-refractivity contribution in [3.63, 3.8) is 0 Å². The molecule has 1 heterocycles. The summed E-state index contributed by atoms with van der Waals surface area (Å²) in [6.45, 7) is 4.60. The van der Waals surface area contributed by atoms with Gasteiger partial charge in [-0.05, 0) is 44.0 Å². The molecule has 1 N–H and O–H groups in total. The molecule has 0 bridgehead atoms. The third-order valence-corrected chi connectivity index (χ3v) is 3.60. The molecular weight excluding hydrogens is 196 g/mol. The zero-order chi connectivity index (χ0) is 11.4. The molecule has 0 aliphatic carbocycles. The van der Waals surface area contributed by atoms with Crippen LogP contribution in [0.4, 0.5) is 0 Å². The normalized spacial score (nSPS) is 23.2. The zero-order valence-corrected chi connectivity index (χ0v) is 9.89. The lowest BCUT2D eigenvalue weighted by Crippen LogP contribution is -2.24. The van der Waals surface area contributed by atoms with Gasteiger partial charge >= 0.3 is 0 Å². The van der Waals surface area contributed by atoms with Crippen molar-refractivity contribution in [1.29, 1.82) is 5.41 Å². The van der Waals surface area contributed by atoms with Gasteiger partial charge in [-0.15, -0.1) is 0 Å². The first-order valence-electron chi connectivity index (χ1n) is 6.09. The lowest BCUT2D eigenvalue weighted by molar-refractivity contribution is 0.253. The summed E-state index contributed by atoms with van der Waals surface area (Å²) in [6, 6.07) is 11.2. The molecule has 2 rings (SSSR count). The Morgan fingerprint density at radius 3 is 2.88 bits per heavy atom. The van der Waals surface area contributed by atoms with Crippen LogP contribution in [0.25, 0.3) is 0 Å². The Morgan fingerprint density at radius 2 is 2.19 bits per heavy atom. The Kier molecular flexibility index (Phi) is 3.73. The first-order valence-corrected chi connectivity index (χ1v) is 6.09. The van der Waals surface area contributed by atoms with Gasteiger partial charge in [0.1, 0.15) is 0 Å². The highest BCUT2D eigenvalue weighted by atomic mass is 15.2. The van der Waals surface area contributed by atoms with Crippen LogP contribution in [0, 0.1) is 11.3 Å². The van der Waals surface area contributed by atoms with E-state index < -0.39 is 0 Å². The van der Waals surface area contributed by atoms with Crippen molar-refractivity contribution in [2.45, 2.75) is 25.8 Å². The van der Waals surface area contributed by atoms with Crippen LogP contribution >= 0.6 is 0 Å². The van der Waals surface area contributed by atoms with Crippen molar-refractivity contribution in [2.75, 3.05) is 13.1 Å². The molecule has 0 amide bonds. The summed E-state index contributed by atoms with van der Waals surface area (Å²) < 4.78 is 0. The summed E-state index contributed by atoms with van der Waals surface area (Å²) in [5.41, 5.74) is 1.40. The standard InChI is InChI=1S/C14H20N2/c1-12(14-5-3-2-4-6-14)16-10-8-13(11-16)7-9-15/h2-6,9,12-13,15H,7-8,10-11H2,1H3. The lowest BCUT2D eigenvalue weighted by atomic mass is 10.1. The first kappa shape index (κ1) is 11.3. The smallest absolute Gasteiger partial charge is 0.0319 e. The van der Waals surface area contributed by atoms with Gasteiger partial charge < -0.3 is 5.41 Å². The number of nitrogens with one attached hydrogen (secondary N) is 1. The van der Waals surface area contributed by atoms with Crippen molar-refractivity contribution in [1.82, 2.24) is 4.90 Å². The fourth-order valence-corrected chi connectivity index (χ4v) is 2.52. The van der Waals surface area contributed by atoms with Gasteiger partial charge in [0.05, 0.1) is 0 Å². The molecule has 1 fully saturated rings. The number of hydrogen-bond donors (Lipinski definition) is 1. The number of likely N-dealkylation sites (tertiary alicyclic amines) is 1. The Bertz CT molecular complexity index is 334. The van der Waals surface area contributed by atoms with Crippen LogP contribution in [-0.2, 0) is 0 Å². The first-order chi connectivity index (χ1) is 7.81. The van der Waals surface area contributed by atoms with Crippen molar-refractivity contribution >= 4 is 6.21 Å². The van der Waals surface area contributed by atoms with E-state index in [9.17, 15) is 0 Å². The van der Waals surface area contributed by atoms with Gasteiger partial charge in [0.25, 0.3) is 0 Å². The maximum atomic E-state index is 7.16. The summed E-state index contributed by atoms with van der Waals surface area (Å²) in [6.07, 6.45) is 3.74. The van der Waals surface area contributed by atoms with Crippen molar-refractivity contribution < 1.29 is 0 Å². The number of rotatable bonds is 4. The Morgan fingerprint density at radius 1 is 1.44 bits per heavy atom. The van der Waals surface area contributed by atoms with E-state index in [1.54, 1.807) is 6.21 Å². The Labute approximate surface area is 97.8 Å². The number of hydrogen-bond acceptors (Lipinski definition) is 2. The quantitative estimate of drug-likeness (QED) is 0.769. The third-order valence-electron chi connectivity index (χ3n) is 3.60. The van der Waals surface area contributed by atoms with E-state index in [0.29, 0.717) is 12.0 Å². The van der Waals surface area contributed by atoms with Crippen LogP contribution in [0.5, 0.6) is 0 Å². The predicted molar refractivity (Wildman–Crippen MR) is 67.9 cm³/mol. The van der Waals surface area contributed by atoms with Gasteiger partial charge in [0.15, 0.2) is 0 Å². The number of nitrogens with zero attached hydrogens (tertiary/aromatic N) is 1. The van der Waals surface area contributed by atoms with E-state index in [0.717, 1.165) is 13.0 Å². The number of benzene rings is 1. The minimum atomic E-state index is 0.511. The van der Waals surface area contributed by atoms with Gasteiger partial charge in [-0.2, -0.15) is 0 Å². The summed E-state index contributed by atoms with van der Waals surface area (Å²) >= 11 is 0. The highest BCUT2D eigenvalue weighted by Gasteiger charge is 2.25. The van der Waals surface area contributed by atoms with E-state index in [2.05, 4.69) is 42.2 Å². The monoisotopic (exact) mass is 216 g/mol. The maximum Gasteiger partial charge on any atom is 0.0319 e. The minimum absolute atomic E-state index is 0.511. The molecule has 86 valence electrons. The van der Waals surface area contributed by atoms with Crippen LogP contribution in [-0.4, -0.2) is 24.2 Å². The summed E-state index contributed by atoms with van der Waals surface area (Å²) in [7, 11) is 0. The molecule has 1 aromatic carbocycles. The molecular formula is C14H20N2. The highest BCUT2D eigenvalue weighted by molar-refractivity contribution is 5.53. The van der Waals surface area contributed by atoms with Crippen molar-refractivity contribution in [3.8, 4) is 0 Å². The molecule has 2 atom stereocenters. The van der Waals surface area contributed by atoms with Crippen LogP contribution in [0.15, 0.2) is 30.3 Å². The third kappa shape index (κ3) is 2.50. The summed E-state index contributed by atoms with van der Waals surface area (Å²) in [5, 5.41) is 7.16. The lowest BCUT2D eigenvalue weighted by Gasteiger charge is -2.24. The average Bonchev–Trinajstić information content (AvgIpc) is 2.78. The van der Waals surface area contributed by atoms with E-state index in [1.807, 2.05) is 0 Å². The SMILES string of the molecule is CC(c1ccccc1)N1CCC(CC=N)C1. The average molecular weight is 216 g/mol.